The van der Waals surface area contributed by atoms with Gasteiger partial charge in [-0.2, -0.15) is 0 Å². The lowest BCUT2D eigenvalue weighted by molar-refractivity contribution is 0.0407. The van der Waals surface area contributed by atoms with Gasteiger partial charge in [0.1, 0.15) is 0 Å². The second-order valence-corrected chi connectivity index (χ2v) is 7.14. The van der Waals surface area contributed by atoms with Crippen molar-refractivity contribution in [3.05, 3.63) is 36.0 Å². The number of nitrogens with one attached hydrogen (secondary N) is 1. The maximum absolute atomic E-state index is 12.9. The minimum Gasteiger partial charge on any atom is -0.396 e. The summed E-state index contributed by atoms with van der Waals surface area (Å²) in [6.45, 7) is 3.72. The number of aromatic nitrogens is 1. The van der Waals surface area contributed by atoms with Crippen LogP contribution in [0.5, 0.6) is 0 Å². The number of H-pyrrole nitrogens is 1. The van der Waals surface area contributed by atoms with Gasteiger partial charge in [0.15, 0.2) is 0 Å². The minimum atomic E-state index is 0.104. The van der Waals surface area contributed by atoms with Gasteiger partial charge in [-0.15, -0.1) is 0 Å². The van der Waals surface area contributed by atoms with Crippen LogP contribution in [-0.4, -0.2) is 64.6 Å². The summed E-state index contributed by atoms with van der Waals surface area (Å²) >= 11 is 0. The van der Waals surface area contributed by atoms with Crippen molar-refractivity contribution in [2.24, 2.45) is 5.92 Å². The predicted molar refractivity (Wildman–Crippen MR) is 94.0 cm³/mol. The normalized spacial score (nSPS) is 22.2. The molecule has 2 aliphatic rings. The van der Waals surface area contributed by atoms with Crippen LogP contribution in [0.1, 0.15) is 29.6 Å². The molecule has 0 spiro atoms. The Kier molecular flexibility index (Phi) is 4.29. The Morgan fingerprint density at radius 2 is 2.12 bits per heavy atom. The molecule has 128 valence electrons. The minimum absolute atomic E-state index is 0.104. The second kappa shape index (κ2) is 6.57. The number of hydrogen-bond acceptors (Lipinski definition) is 3. The van der Waals surface area contributed by atoms with E-state index in [2.05, 4.69) is 9.88 Å². The Morgan fingerprint density at radius 1 is 1.25 bits per heavy atom. The van der Waals surface area contributed by atoms with Crippen molar-refractivity contribution in [1.82, 2.24) is 14.8 Å². The number of hydrogen-bond donors (Lipinski definition) is 2. The molecule has 1 saturated heterocycles. The fourth-order valence-corrected chi connectivity index (χ4v) is 3.74. The zero-order valence-corrected chi connectivity index (χ0v) is 13.9. The summed E-state index contributed by atoms with van der Waals surface area (Å²) in [4.78, 5) is 20.5. The van der Waals surface area contributed by atoms with Crippen LogP contribution >= 0.6 is 0 Å². The van der Waals surface area contributed by atoms with Gasteiger partial charge in [0.05, 0.1) is 0 Å². The SMILES string of the molecule is O=C(c1ccc2[nH]ccc2c1)N1CCN(CC2CC2)C(CCO)C1. The summed E-state index contributed by atoms with van der Waals surface area (Å²) in [5.74, 6) is 0.941. The first-order chi connectivity index (χ1) is 11.7. The molecule has 1 aliphatic heterocycles. The van der Waals surface area contributed by atoms with Crippen LogP contribution in [0.2, 0.25) is 0 Å². The molecule has 0 bridgehead atoms. The highest BCUT2D eigenvalue weighted by Crippen LogP contribution is 2.31. The number of carbonyl (C=O) groups excluding carboxylic acids is 1. The molecule has 1 amide bonds. The zero-order chi connectivity index (χ0) is 16.5. The van der Waals surface area contributed by atoms with E-state index in [-0.39, 0.29) is 18.6 Å². The van der Waals surface area contributed by atoms with Crippen molar-refractivity contribution in [2.75, 3.05) is 32.8 Å². The molecule has 1 aromatic carbocycles. The van der Waals surface area contributed by atoms with Crippen molar-refractivity contribution >= 4 is 16.8 Å². The van der Waals surface area contributed by atoms with Gasteiger partial charge >= 0.3 is 0 Å². The van der Waals surface area contributed by atoms with E-state index in [0.717, 1.165) is 55.0 Å². The summed E-state index contributed by atoms with van der Waals surface area (Å²) in [6, 6.07) is 8.11. The molecule has 2 heterocycles. The van der Waals surface area contributed by atoms with Crippen molar-refractivity contribution in [3.8, 4) is 0 Å². The predicted octanol–water partition coefficient (Wildman–Crippen LogP) is 2.09. The van der Waals surface area contributed by atoms with Gasteiger partial charge in [0.25, 0.3) is 5.91 Å². The summed E-state index contributed by atoms with van der Waals surface area (Å²) in [6.07, 6.45) is 5.31. The molecule has 4 rings (SSSR count). The molecule has 1 unspecified atom stereocenters. The Morgan fingerprint density at radius 3 is 2.92 bits per heavy atom. The molecule has 2 N–H and O–H groups in total. The fraction of sp³-hybridized carbons (Fsp3) is 0.526. The Labute approximate surface area is 142 Å². The molecule has 1 atom stereocenters. The molecular formula is C19H25N3O2. The number of nitrogens with zero attached hydrogens (tertiary/aromatic N) is 2. The fourth-order valence-electron chi connectivity index (χ4n) is 3.74. The first-order valence-electron chi connectivity index (χ1n) is 8.96. The van der Waals surface area contributed by atoms with Crippen molar-refractivity contribution < 1.29 is 9.90 Å². The molecular weight excluding hydrogens is 302 g/mol. The van der Waals surface area contributed by atoms with Crippen LogP contribution in [0.15, 0.2) is 30.5 Å². The largest absolute Gasteiger partial charge is 0.396 e. The first kappa shape index (κ1) is 15.7. The number of piperazine rings is 1. The quantitative estimate of drug-likeness (QED) is 0.884. The molecule has 1 saturated carbocycles. The molecule has 2 fully saturated rings. The van der Waals surface area contributed by atoms with E-state index >= 15 is 0 Å². The molecule has 1 aromatic heterocycles. The highest BCUT2D eigenvalue weighted by molar-refractivity contribution is 5.98. The number of aliphatic hydroxyl groups is 1. The number of aliphatic hydroxyl groups excluding tert-OH is 1. The summed E-state index contributed by atoms with van der Waals surface area (Å²) in [7, 11) is 0. The van der Waals surface area contributed by atoms with Crippen LogP contribution in [0, 0.1) is 5.92 Å². The topological polar surface area (TPSA) is 59.6 Å². The Balaban J connectivity index is 1.47. The number of carbonyl (C=O) groups is 1. The zero-order valence-electron chi connectivity index (χ0n) is 13.9. The highest BCUT2D eigenvalue weighted by Gasteiger charge is 2.33. The average molecular weight is 327 g/mol. The maximum atomic E-state index is 12.9. The van der Waals surface area contributed by atoms with Crippen molar-refractivity contribution in [1.29, 1.82) is 0 Å². The van der Waals surface area contributed by atoms with Gasteiger partial charge in [0.2, 0.25) is 0 Å². The van der Waals surface area contributed by atoms with Crippen LogP contribution < -0.4 is 0 Å². The van der Waals surface area contributed by atoms with Gasteiger partial charge in [0, 0.05) is 61.5 Å². The van der Waals surface area contributed by atoms with E-state index in [1.54, 1.807) is 0 Å². The smallest absolute Gasteiger partial charge is 0.253 e. The Bertz CT molecular complexity index is 722. The van der Waals surface area contributed by atoms with Gasteiger partial charge in [-0.05, 0) is 49.4 Å². The van der Waals surface area contributed by atoms with Crippen LogP contribution in [-0.2, 0) is 0 Å². The number of amides is 1. The molecule has 24 heavy (non-hydrogen) atoms. The molecule has 0 radical (unpaired) electrons. The average Bonchev–Trinajstić information content (AvgIpc) is 3.29. The standard InChI is InChI=1S/C19H25N3O2/c23-10-6-17-13-22(9-8-21(17)12-14-1-2-14)19(24)16-3-4-18-15(11-16)5-7-20-18/h3-5,7,11,14,17,20,23H,1-2,6,8-10,12-13H2. The summed E-state index contributed by atoms with van der Waals surface area (Å²) in [5, 5.41) is 10.5. The van der Waals surface area contributed by atoms with E-state index in [1.165, 1.54) is 12.8 Å². The molecule has 2 aromatic rings. The van der Waals surface area contributed by atoms with Gasteiger partial charge < -0.3 is 15.0 Å². The number of benzene rings is 1. The highest BCUT2D eigenvalue weighted by atomic mass is 16.3. The number of rotatable bonds is 5. The lowest BCUT2D eigenvalue weighted by Crippen LogP contribution is -2.55. The number of aromatic amines is 1. The third-order valence-electron chi connectivity index (χ3n) is 5.34. The van der Waals surface area contributed by atoms with E-state index in [0.29, 0.717) is 0 Å². The van der Waals surface area contributed by atoms with Crippen LogP contribution in [0.25, 0.3) is 10.9 Å². The second-order valence-electron chi connectivity index (χ2n) is 7.14. The monoisotopic (exact) mass is 327 g/mol. The lowest BCUT2D eigenvalue weighted by atomic mass is 10.1. The van der Waals surface area contributed by atoms with E-state index in [9.17, 15) is 9.90 Å². The van der Waals surface area contributed by atoms with Gasteiger partial charge in [-0.25, -0.2) is 0 Å². The van der Waals surface area contributed by atoms with E-state index < -0.39 is 0 Å². The van der Waals surface area contributed by atoms with E-state index in [4.69, 9.17) is 0 Å². The van der Waals surface area contributed by atoms with Crippen molar-refractivity contribution in [2.45, 2.75) is 25.3 Å². The maximum Gasteiger partial charge on any atom is 0.253 e. The lowest BCUT2D eigenvalue weighted by Gasteiger charge is -2.41. The molecule has 5 nitrogen and oxygen atoms in total. The van der Waals surface area contributed by atoms with Crippen LogP contribution in [0.4, 0.5) is 0 Å². The number of fused-ring (bicyclic) bond motifs is 1. The van der Waals surface area contributed by atoms with Gasteiger partial charge in [-0.1, -0.05) is 0 Å². The van der Waals surface area contributed by atoms with Crippen molar-refractivity contribution in [3.63, 3.8) is 0 Å². The third-order valence-corrected chi connectivity index (χ3v) is 5.34. The summed E-state index contributed by atoms with van der Waals surface area (Å²) < 4.78 is 0. The van der Waals surface area contributed by atoms with E-state index in [1.807, 2.05) is 35.4 Å². The summed E-state index contributed by atoms with van der Waals surface area (Å²) in [5.41, 5.74) is 1.81. The molecule has 1 aliphatic carbocycles. The first-order valence-corrected chi connectivity index (χ1v) is 8.96. The third kappa shape index (κ3) is 3.19. The van der Waals surface area contributed by atoms with Gasteiger partial charge in [-0.3, -0.25) is 9.69 Å². The van der Waals surface area contributed by atoms with Crippen LogP contribution in [0.3, 0.4) is 0 Å². The Hall–Kier alpha value is -1.85. The molecule has 5 heteroatoms.